The number of nitrogens with one attached hydrogen (secondary N) is 1. The molecule has 1 aromatic carbocycles. The van der Waals surface area contributed by atoms with E-state index in [2.05, 4.69) is 10.4 Å². The van der Waals surface area contributed by atoms with E-state index in [0.717, 1.165) is 12.2 Å². The molecule has 0 radical (unpaired) electrons. The normalized spacial score (nSPS) is 12.2. The summed E-state index contributed by atoms with van der Waals surface area (Å²) in [5.41, 5.74) is 1.31. The highest BCUT2D eigenvalue weighted by atomic mass is 35.5. The average molecular weight is 312 g/mol. The van der Waals surface area contributed by atoms with Gasteiger partial charge in [-0.2, -0.15) is 5.10 Å². The summed E-state index contributed by atoms with van der Waals surface area (Å²) >= 11 is 12.0. The van der Waals surface area contributed by atoms with Gasteiger partial charge in [0.15, 0.2) is 0 Å². The monoisotopic (exact) mass is 311 g/mol. The summed E-state index contributed by atoms with van der Waals surface area (Å²) < 4.78 is 1.84. The zero-order valence-corrected chi connectivity index (χ0v) is 12.7. The van der Waals surface area contributed by atoms with Crippen LogP contribution in [-0.2, 0) is 6.54 Å². The number of carbonyl (C=O) groups is 1. The summed E-state index contributed by atoms with van der Waals surface area (Å²) in [5, 5.41) is 7.72. The van der Waals surface area contributed by atoms with Crippen LogP contribution in [0.25, 0.3) is 0 Å². The van der Waals surface area contributed by atoms with Gasteiger partial charge in [0.2, 0.25) is 0 Å². The summed E-state index contributed by atoms with van der Waals surface area (Å²) in [6.45, 7) is 4.65. The first-order valence-corrected chi connectivity index (χ1v) is 7.06. The number of rotatable bonds is 4. The molecule has 0 fully saturated rings. The van der Waals surface area contributed by atoms with Crippen LogP contribution < -0.4 is 5.32 Å². The third-order valence-corrected chi connectivity index (χ3v) is 3.86. The average Bonchev–Trinajstić information content (AvgIpc) is 2.90. The predicted molar refractivity (Wildman–Crippen MR) is 80.2 cm³/mol. The smallest absolute Gasteiger partial charge is 0.253 e. The number of hydrogen-bond donors (Lipinski definition) is 1. The van der Waals surface area contributed by atoms with Gasteiger partial charge in [0.05, 0.1) is 27.3 Å². The number of hydrogen-bond acceptors (Lipinski definition) is 2. The van der Waals surface area contributed by atoms with Gasteiger partial charge in [0.1, 0.15) is 0 Å². The molecule has 6 heteroatoms. The molecule has 1 aromatic heterocycles. The first-order valence-electron chi connectivity index (χ1n) is 6.31. The van der Waals surface area contributed by atoms with Crippen LogP contribution in [-0.4, -0.2) is 15.7 Å². The maximum Gasteiger partial charge on any atom is 0.253 e. The van der Waals surface area contributed by atoms with Crippen molar-refractivity contribution in [2.45, 2.75) is 26.4 Å². The minimum absolute atomic E-state index is 0.167. The van der Waals surface area contributed by atoms with E-state index < -0.39 is 0 Å². The van der Waals surface area contributed by atoms with Crippen LogP contribution in [0, 0.1) is 0 Å². The fraction of sp³-hybridized carbons (Fsp3) is 0.286. The minimum Gasteiger partial charge on any atom is -0.344 e. The lowest BCUT2D eigenvalue weighted by atomic mass is 10.1. The van der Waals surface area contributed by atoms with Gasteiger partial charge in [0, 0.05) is 12.7 Å². The summed E-state index contributed by atoms with van der Waals surface area (Å²) in [6.07, 6.45) is 1.72. The van der Waals surface area contributed by atoms with Gasteiger partial charge in [-0.25, -0.2) is 0 Å². The van der Waals surface area contributed by atoms with Gasteiger partial charge >= 0.3 is 0 Å². The predicted octanol–water partition coefficient (Wildman–Crippen LogP) is 3.70. The zero-order chi connectivity index (χ0) is 14.7. The van der Waals surface area contributed by atoms with Gasteiger partial charge in [-0.1, -0.05) is 29.3 Å². The standard InChI is InChI=1S/C14H15Cl2N3O/c1-3-19-12(7-8-17-19)9(2)18-14(20)10-5-4-6-11(15)13(10)16/h4-9H,3H2,1-2H3,(H,18,20). The lowest BCUT2D eigenvalue weighted by Gasteiger charge is -2.16. The van der Waals surface area contributed by atoms with Crippen molar-refractivity contribution in [1.29, 1.82) is 0 Å². The van der Waals surface area contributed by atoms with Crippen molar-refractivity contribution in [2.75, 3.05) is 0 Å². The van der Waals surface area contributed by atoms with E-state index in [1.807, 2.05) is 24.6 Å². The molecular formula is C14H15Cl2N3O. The van der Waals surface area contributed by atoms with Crippen LogP contribution in [0.2, 0.25) is 10.0 Å². The number of benzene rings is 1. The second-order valence-corrected chi connectivity index (χ2v) is 5.15. The summed E-state index contributed by atoms with van der Waals surface area (Å²) in [7, 11) is 0. The molecular weight excluding hydrogens is 297 g/mol. The zero-order valence-electron chi connectivity index (χ0n) is 11.2. The summed E-state index contributed by atoms with van der Waals surface area (Å²) in [5.74, 6) is -0.256. The van der Waals surface area contributed by atoms with Crippen molar-refractivity contribution in [3.8, 4) is 0 Å². The van der Waals surface area contributed by atoms with Gasteiger partial charge < -0.3 is 5.32 Å². The molecule has 1 amide bonds. The Morgan fingerprint density at radius 1 is 1.40 bits per heavy atom. The fourth-order valence-corrected chi connectivity index (χ4v) is 2.39. The Labute approximate surface area is 127 Å². The Bertz CT molecular complexity index is 625. The summed E-state index contributed by atoms with van der Waals surface area (Å²) in [4.78, 5) is 12.2. The molecule has 1 unspecified atom stereocenters. The molecule has 0 bridgehead atoms. The van der Waals surface area contributed by atoms with E-state index >= 15 is 0 Å². The van der Waals surface area contributed by atoms with Crippen LogP contribution in [0.1, 0.15) is 35.9 Å². The van der Waals surface area contributed by atoms with E-state index in [4.69, 9.17) is 23.2 Å². The fourth-order valence-electron chi connectivity index (χ4n) is 2.00. The third kappa shape index (κ3) is 2.97. The number of nitrogens with zero attached hydrogens (tertiary/aromatic N) is 2. The van der Waals surface area contributed by atoms with Crippen molar-refractivity contribution in [3.63, 3.8) is 0 Å². The maximum absolute atomic E-state index is 12.2. The molecule has 4 nitrogen and oxygen atoms in total. The number of carbonyl (C=O) groups excluding carboxylic acids is 1. The van der Waals surface area contributed by atoms with E-state index in [9.17, 15) is 4.79 Å². The van der Waals surface area contributed by atoms with E-state index in [0.29, 0.717) is 10.6 Å². The van der Waals surface area contributed by atoms with E-state index in [1.54, 1.807) is 24.4 Å². The Kier molecular flexibility index (Phi) is 4.68. The highest BCUT2D eigenvalue weighted by Gasteiger charge is 2.17. The van der Waals surface area contributed by atoms with Crippen molar-refractivity contribution < 1.29 is 4.79 Å². The van der Waals surface area contributed by atoms with Gasteiger partial charge in [-0.3, -0.25) is 9.48 Å². The van der Waals surface area contributed by atoms with E-state index in [1.165, 1.54) is 0 Å². The van der Waals surface area contributed by atoms with Crippen LogP contribution in [0.15, 0.2) is 30.5 Å². The maximum atomic E-state index is 12.2. The van der Waals surface area contributed by atoms with Gasteiger partial charge in [-0.15, -0.1) is 0 Å². The molecule has 0 saturated carbocycles. The van der Waals surface area contributed by atoms with Crippen LogP contribution in [0.3, 0.4) is 0 Å². The first-order chi connectivity index (χ1) is 9.54. The Morgan fingerprint density at radius 3 is 2.85 bits per heavy atom. The topological polar surface area (TPSA) is 46.9 Å². The molecule has 106 valence electrons. The molecule has 20 heavy (non-hydrogen) atoms. The Balaban J connectivity index is 2.17. The molecule has 1 heterocycles. The molecule has 1 atom stereocenters. The SMILES string of the molecule is CCn1nccc1C(C)NC(=O)c1cccc(Cl)c1Cl. The van der Waals surface area contributed by atoms with Gasteiger partial charge in [-0.05, 0) is 32.0 Å². The van der Waals surface area contributed by atoms with Crippen molar-refractivity contribution in [1.82, 2.24) is 15.1 Å². The van der Waals surface area contributed by atoms with Crippen molar-refractivity contribution in [2.24, 2.45) is 0 Å². The van der Waals surface area contributed by atoms with Crippen LogP contribution in [0.5, 0.6) is 0 Å². The number of halogens is 2. The highest BCUT2D eigenvalue weighted by Crippen LogP contribution is 2.26. The molecule has 0 saturated heterocycles. The number of aryl methyl sites for hydroxylation is 1. The lowest BCUT2D eigenvalue weighted by Crippen LogP contribution is -2.28. The molecule has 0 aliphatic carbocycles. The quantitative estimate of drug-likeness (QED) is 0.935. The second kappa shape index (κ2) is 6.29. The number of aromatic nitrogens is 2. The minimum atomic E-state index is -0.256. The molecule has 0 aliphatic heterocycles. The van der Waals surface area contributed by atoms with Crippen molar-refractivity contribution >= 4 is 29.1 Å². The second-order valence-electron chi connectivity index (χ2n) is 4.37. The van der Waals surface area contributed by atoms with Crippen LogP contribution in [0.4, 0.5) is 0 Å². The van der Waals surface area contributed by atoms with Crippen LogP contribution >= 0.6 is 23.2 Å². The molecule has 2 aromatic rings. The molecule has 0 spiro atoms. The molecule has 1 N–H and O–H groups in total. The summed E-state index contributed by atoms with van der Waals surface area (Å²) in [6, 6.07) is 6.71. The Morgan fingerprint density at radius 2 is 2.15 bits per heavy atom. The third-order valence-electron chi connectivity index (χ3n) is 3.04. The lowest BCUT2D eigenvalue weighted by molar-refractivity contribution is 0.0938. The van der Waals surface area contributed by atoms with Crippen molar-refractivity contribution in [3.05, 3.63) is 51.8 Å². The largest absolute Gasteiger partial charge is 0.344 e. The number of amides is 1. The first kappa shape index (κ1) is 14.9. The van der Waals surface area contributed by atoms with Gasteiger partial charge in [0.25, 0.3) is 5.91 Å². The van der Waals surface area contributed by atoms with E-state index in [-0.39, 0.29) is 17.0 Å². The Hall–Kier alpha value is -1.52. The molecule has 2 rings (SSSR count). The molecule has 0 aliphatic rings. The highest BCUT2D eigenvalue weighted by molar-refractivity contribution is 6.43.